The summed E-state index contributed by atoms with van der Waals surface area (Å²) in [7, 11) is 0. The molecule has 3 rings (SSSR count). The summed E-state index contributed by atoms with van der Waals surface area (Å²) >= 11 is 5.81. The maximum absolute atomic E-state index is 11.7. The lowest BCUT2D eigenvalue weighted by atomic mass is 10.3. The van der Waals surface area contributed by atoms with Crippen LogP contribution in [0.25, 0.3) is 11.5 Å². The fourth-order valence-corrected chi connectivity index (χ4v) is 2.06. The first-order valence-corrected chi connectivity index (χ1v) is 6.98. The zero-order chi connectivity index (χ0) is 15.4. The average molecular weight is 318 g/mol. The third kappa shape index (κ3) is 3.17. The van der Waals surface area contributed by atoms with E-state index in [1.807, 2.05) is 6.07 Å². The molecule has 3 aromatic rings. The maximum Gasteiger partial charge on any atom is 0.442 e. The minimum Gasteiger partial charge on any atom is -0.492 e. The van der Waals surface area contributed by atoms with E-state index in [0.29, 0.717) is 35.4 Å². The van der Waals surface area contributed by atoms with Gasteiger partial charge in [0.1, 0.15) is 18.1 Å². The van der Waals surface area contributed by atoms with Crippen molar-refractivity contribution in [2.24, 2.45) is 0 Å². The number of aromatic nitrogens is 3. The molecule has 0 unspecified atom stereocenters. The number of hydrogen-bond acceptors (Lipinski definition) is 5. The van der Waals surface area contributed by atoms with Crippen LogP contribution in [0.15, 0.2) is 58.0 Å². The molecule has 112 valence electrons. The Balaban J connectivity index is 1.72. The lowest BCUT2D eigenvalue weighted by Crippen LogP contribution is -2.20. The van der Waals surface area contributed by atoms with E-state index in [2.05, 4.69) is 10.1 Å². The Morgan fingerprint density at radius 1 is 1.18 bits per heavy atom. The van der Waals surface area contributed by atoms with Crippen LogP contribution in [0.3, 0.4) is 0 Å². The molecule has 0 saturated carbocycles. The van der Waals surface area contributed by atoms with Crippen LogP contribution in [0.5, 0.6) is 5.75 Å². The maximum atomic E-state index is 11.7. The van der Waals surface area contributed by atoms with Gasteiger partial charge in [-0.05, 0) is 36.4 Å². The normalized spacial score (nSPS) is 10.6. The van der Waals surface area contributed by atoms with Gasteiger partial charge in [-0.3, -0.25) is 14.1 Å². The third-order valence-electron chi connectivity index (χ3n) is 2.98. The second-order valence-corrected chi connectivity index (χ2v) is 4.88. The van der Waals surface area contributed by atoms with Gasteiger partial charge in [-0.2, -0.15) is 0 Å². The summed E-state index contributed by atoms with van der Waals surface area (Å²) in [4.78, 5) is 15.9. The molecule has 0 fully saturated rings. The van der Waals surface area contributed by atoms with Gasteiger partial charge in [0.15, 0.2) is 0 Å². The molecule has 0 N–H and O–H groups in total. The van der Waals surface area contributed by atoms with Crippen LogP contribution in [0.2, 0.25) is 5.02 Å². The molecular weight excluding hydrogens is 306 g/mol. The molecule has 2 heterocycles. The Labute approximate surface area is 130 Å². The van der Waals surface area contributed by atoms with Gasteiger partial charge >= 0.3 is 5.76 Å². The van der Waals surface area contributed by atoms with Gasteiger partial charge in [0.25, 0.3) is 0 Å². The van der Waals surface area contributed by atoms with E-state index < -0.39 is 5.76 Å². The van der Waals surface area contributed by atoms with E-state index in [1.165, 1.54) is 4.57 Å². The lowest BCUT2D eigenvalue weighted by molar-refractivity contribution is 0.290. The zero-order valence-corrected chi connectivity index (χ0v) is 12.2. The topological polar surface area (TPSA) is 70.2 Å². The van der Waals surface area contributed by atoms with Crippen molar-refractivity contribution in [3.8, 4) is 17.3 Å². The highest BCUT2D eigenvalue weighted by Gasteiger charge is 2.13. The molecule has 0 radical (unpaired) electrons. The third-order valence-corrected chi connectivity index (χ3v) is 3.23. The van der Waals surface area contributed by atoms with Crippen LogP contribution >= 0.6 is 11.6 Å². The lowest BCUT2D eigenvalue weighted by Gasteiger charge is -2.07. The van der Waals surface area contributed by atoms with E-state index in [0.717, 1.165) is 0 Å². The number of benzene rings is 1. The molecule has 6 nitrogen and oxygen atoms in total. The molecule has 0 aliphatic rings. The van der Waals surface area contributed by atoms with E-state index in [-0.39, 0.29) is 0 Å². The van der Waals surface area contributed by atoms with Crippen molar-refractivity contribution in [1.29, 1.82) is 0 Å². The van der Waals surface area contributed by atoms with Crippen LogP contribution in [-0.2, 0) is 6.54 Å². The molecule has 0 aliphatic heterocycles. The fourth-order valence-electron chi connectivity index (χ4n) is 1.93. The Hall–Kier alpha value is -2.60. The van der Waals surface area contributed by atoms with Crippen LogP contribution in [0, 0.1) is 0 Å². The Bertz CT molecular complexity index is 797. The molecule has 0 atom stereocenters. The van der Waals surface area contributed by atoms with Crippen LogP contribution < -0.4 is 10.5 Å². The number of nitrogens with zero attached hydrogens (tertiary/aromatic N) is 3. The van der Waals surface area contributed by atoms with Crippen molar-refractivity contribution in [2.45, 2.75) is 6.54 Å². The highest BCUT2D eigenvalue weighted by molar-refractivity contribution is 6.30. The zero-order valence-electron chi connectivity index (χ0n) is 11.5. The molecule has 0 bridgehead atoms. The van der Waals surface area contributed by atoms with E-state index >= 15 is 0 Å². The van der Waals surface area contributed by atoms with E-state index in [4.69, 9.17) is 20.9 Å². The average Bonchev–Trinajstić information content (AvgIpc) is 2.91. The number of rotatable bonds is 5. The fraction of sp³-hybridized carbons (Fsp3) is 0.133. The summed E-state index contributed by atoms with van der Waals surface area (Å²) in [5.74, 6) is 0.513. The predicted molar refractivity (Wildman–Crippen MR) is 80.9 cm³/mol. The molecular formula is C15H12ClN3O3. The molecule has 0 aliphatic carbocycles. The molecule has 0 amide bonds. The summed E-state index contributed by atoms with van der Waals surface area (Å²) < 4.78 is 11.7. The summed E-state index contributed by atoms with van der Waals surface area (Å²) in [5.41, 5.74) is 0.569. The standard InChI is InChI=1S/C15H12ClN3O3/c16-11-4-6-12(7-5-11)21-10-9-19-14(18-22-15(19)20)13-3-1-2-8-17-13/h1-8H,9-10H2. The number of hydrogen-bond donors (Lipinski definition) is 0. The number of pyridine rings is 1. The van der Waals surface area contributed by atoms with Crippen LogP contribution in [0.4, 0.5) is 0 Å². The van der Waals surface area contributed by atoms with Crippen molar-refractivity contribution in [1.82, 2.24) is 14.7 Å². The number of halogens is 1. The first-order chi connectivity index (χ1) is 10.7. The van der Waals surface area contributed by atoms with Crippen LogP contribution in [0.1, 0.15) is 0 Å². The van der Waals surface area contributed by atoms with Gasteiger partial charge in [0.05, 0.1) is 6.54 Å². The van der Waals surface area contributed by atoms with Gasteiger partial charge < -0.3 is 4.74 Å². The van der Waals surface area contributed by atoms with Gasteiger partial charge in [-0.15, -0.1) is 0 Å². The molecule has 0 spiro atoms. The van der Waals surface area contributed by atoms with Crippen molar-refractivity contribution < 1.29 is 9.26 Å². The van der Waals surface area contributed by atoms with Crippen LogP contribution in [-0.4, -0.2) is 21.3 Å². The SMILES string of the molecule is O=c1onc(-c2ccccn2)n1CCOc1ccc(Cl)cc1. The highest BCUT2D eigenvalue weighted by atomic mass is 35.5. The summed E-state index contributed by atoms with van der Waals surface area (Å²) in [6, 6.07) is 12.4. The molecule has 0 saturated heterocycles. The Morgan fingerprint density at radius 3 is 2.73 bits per heavy atom. The van der Waals surface area contributed by atoms with Crippen molar-refractivity contribution in [2.75, 3.05) is 6.61 Å². The van der Waals surface area contributed by atoms with Crippen molar-refractivity contribution >= 4 is 11.6 Å². The quantitative estimate of drug-likeness (QED) is 0.723. The van der Waals surface area contributed by atoms with Gasteiger partial charge in [-0.25, -0.2) is 4.79 Å². The molecule has 7 heteroatoms. The highest BCUT2D eigenvalue weighted by Crippen LogP contribution is 2.16. The molecule has 2 aromatic heterocycles. The first kappa shape index (κ1) is 14.3. The summed E-state index contributed by atoms with van der Waals surface area (Å²) in [6.07, 6.45) is 1.63. The second-order valence-electron chi connectivity index (χ2n) is 4.44. The Morgan fingerprint density at radius 2 is 2.00 bits per heavy atom. The van der Waals surface area contributed by atoms with Gasteiger partial charge in [0.2, 0.25) is 5.82 Å². The molecule has 22 heavy (non-hydrogen) atoms. The molecule has 1 aromatic carbocycles. The largest absolute Gasteiger partial charge is 0.492 e. The smallest absolute Gasteiger partial charge is 0.442 e. The van der Waals surface area contributed by atoms with Crippen molar-refractivity contribution in [3.05, 3.63) is 64.2 Å². The second kappa shape index (κ2) is 6.44. The van der Waals surface area contributed by atoms with Gasteiger partial charge in [0, 0.05) is 11.2 Å². The van der Waals surface area contributed by atoms with Crippen molar-refractivity contribution in [3.63, 3.8) is 0 Å². The van der Waals surface area contributed by atoms with Gasteiger partial charge in [-0.1, -0.05) is 22.8 Å². The summed E-state index contributed by atoms with van der Waals surface area (Å²) in [6.45, 7) is 0.597. The minimum absolute atomic E-state index is 0.294. The predicted octanol–water partition coefficient (Wildman–Crippen LogP) is 2.63. The minimum atomic E-state index is -0.541. The summed E-state index contributed by atoms with van der Waals surface area (Å²) in [5, 5.41) is 4.40. The Kier molecular flexibility index (Phi) is 4.20. The van der Waals surface area contributed by atoms with E-state index in [1.54, 1.807) is 42.6 Å². The monoisotopic (exact) mass is 317 g/mol. The first-order valence-electron chi connectivity index (χ1n) is 6.60. The van der Waals surface area contributed by atoms with E-state index in [9.17, 15) is 4.79 Å². The number of ether oxygens (including phenoxy) is 1.